The summed E-state index contributed by atoms with van der Waals surface area (Å²) < 4.78 is 1.72. The molecule has 148 valence electrons. The highest BCUT2D eigenvalue weighted by molar-refractivity contribution is 5.94. The van der Waals surface area contributed by atoms with Crippen molar-refractivity contribution in [1.82, 2.24) is 19.6 Å². The van der Waals surface area contributed by atoms with E-state index >= 15 is 0 Å². The van der Waals surface area contributed by atoms with Crippen molar-refractivity contribution in [2.75, 3.05) is 26.2 Å². The van der Waals surface area contributed by atoms with Gasteiger partial charge in [0.1, 0.15) is 5.69 Å². The Balaban J connectivity index is 1.69. The fourth-order valence-corrected chi connectivity index (χ4v) is 3.55. The minimum atomic E-state index is -0.0662. The maximum atomic E-state index is 13.3. The maximum absolute atomic E-state index is 13.3. The van der Waals surface area contributed by atoms with Crippen LogP contribution in [0, 0.1) is 6.92 Å². The Morgan fingerprint density at radius 2 is 1.48 bits per heavy atom. The maximum Gasteiger partial charge on any atom is 0.272 e. The molecule has 0 saturated carbocycles. The monoisotopic (exact) mass is 388 g/mol. The Kier molecular flexibility index (Phi) is 5.16. The molecule has 1 aliphatic rings. The number of benzene rings is 2. The van der Waals surface area contributed by atoms with E-state index in [1.165, 1.54) is 0 Å². The first-order valence-electron chi connectivity index (χ1n) is 9.80. The minimum absolute atomic E-state index is 0.0492. The van der Waals surface area contributed by atoms with E-state index in [0.29, 0.717) is 31.9 Å². The molecule has 1 aliphatic heterocycles. The average molecular weight is 388 g/mol. The van der Waals surface area contributed by atoms with E-state index < -0.39 is 0 Å². The number of hydrogen-bond donors (Lipinski definition) is 0. The molecule has 0 radical (unpaired) electrons. The molecule has 1 saturated heterocycles. The second kappa shape index (κ2) is 7.91. The predicted octanol–water partition coefficient (Wildman–Crippen LogP) is 3.15. The number of hydrogen-bond acceptors (Lipinski definition) is 3. The van der Waals surface area contributed by atoms with Crippen LogP contribution in [0.25, 0.3) is 16.9 Å². The Morgan fingerprint density at radius 3 is 2.10 bits per heavy atom. The smallest absolute Gasteiger partial charge is 0.272 e. The molecule has 3 aromatic rings. The summed E-state index contributed by atoms with van der Waals surface area (Å²) in [5.74, 6) is -0.0170. The van der Waals surface area contributed by atoms with Gasteiger partial charge in [-0.05, 0) is 25.1 Å². The number of carbonyl (C=O) groups is 2. The summed E-state index contributed by atoms with van der Waals surface area (Å²) in [5.41, 5.74) is 4.26. The van der Waals surface area contributed by atoms with Gasteiger partial charge in [-0.1, -0.05) is 48.0 Å². The van der Waals surface area contributed by atoms with Crippen LogP contribution in [-0.2, 0) is 4.79 Å². The van der Waals surface area contributed by atoms with Gasteiger partial charge < -0.3 is 9.80 Å². The van der Waals surface area contributed by atoms with Gasteiger partial charge in [-0.3, -0.25) is 9.59 Å². The third-order valence-corrected chi connectivity index (χ3v) is 5.29. The molecule has 6 nitrogen and oxygen atoms in total. The van der Waals surface area contributed by atoms with Crippen LogP contribution in [0.3, 0.4) is 0 Å². The van der Waals surface area contributed by atoms with Crippen LogP contribution in [0.15, 0.2) is 60.7 Å². The van der Waals surface area contributed by atoms with E-state index in [-0.39, 0.29) is 11.8 Å². The lowest BCUT2D eigenvalue weighted by Gasteiger charge is -2.34. The summed E-state index contributed by atoms with van der Waals surface area (Å²) in [6, 6.07) is 19.7. The van der Waals surface area contributed by atoms with Gasteiger partial charge >= 0.3 is 0 Å². The largest absolute Gasteiger partial charge is 0.339 e. The van der Waals surface area contributed by atoms with Crippen molar-refractivity contribution < 1.29 is 9.59 Å². The fraction of sp³-hybridized carbons (Fsp3) is 0.261. The zero-order valence-electron chi connectivity index (χ0n) is 16.7. The zero-order valence-corrected chi connectivity index (χ0v) is 16.7. The summed E-state index contributed by atoms with van der Waals surface area (Å²) in [5, 5.41) is 4.74. The van der Waals surface area contributed by atoms with E-state index in [9.17, 15) is 9.59 Å². The number of piperazine rings is 1. The van der Waals surface area contributed by atoms with E-state index in [2.05, 4.69) is 0 Å². The summed E-state index contributed by atoms with van der Waals surface area (Å²) in [7, 11) is 0. The zero-order chi connectivity index (χ0) is 20.4. The lowest BCUT2D eigenvalue weighted by atomic mass is 10.1. The molecule has 1 fully saturated rings. The first-order chi connectivity index (χ1) is 14.0. The Bertz CT molecular complexity index is 1020. The molecule has 2 aromatic carbocycles. The third-order valence-electron chi connectivity index (χ3n) is 5.29. The van der Waals surface area contributed by atoms with Crippen molar-refractivity contribution in [2.24, 2.45) is 0 Å². The lowest BCUT2D eigenvalue weighted by molar-refractivity contribution is -0.130. The number of aryl methyl sites for hydroxylation is 1. The van der Waals surface area contributed by atoms with Gasteiger partial charge in [0.25, 0.3) is 5.91 Å². The van der Waals surface area contributed by atoms with Crippen molar-refractivity contribution in [1.29, 1.82) is 0 Å². The van der Waals surface area contributed by atoms with Gasteiger partial charge in [0.2, 0.25) is 5.91 Å². The van der Waals surface area contributed by atoms with E-state index in [1.807, 2.05) is 67.6 Å². The standard InChI is InChI=1S/C23H24N4O2/c1-17-8-10-20(11-9-17)27-22(16-21(24-27)19-6-4-3-5-7-19)23(29)26-14-12-25(13-15-26)18(2)28/h3-11,16H,12-15H2,1-2H3. The number of carbonyl (C=O) groups excluding carboxylic acids is 2. The molecule has 0 spiro atoms. The predicted molar refractivity (Wildman–Crippen MR) is 112 cm³/mol. The molecular formula is C23H24N4O2. The lowest BCUT2D eigenvalue weighted by Crippen LogP contribution is -2.50. The van der Waals surface area contributed by atoms with Crippen molar-refractivity contribution in [2.45, 2.75) is 13.8 Å². The number of aromatic nitrogens is 2. The molecular weight excluding hydrogens is 364 g/mol. The SMILES string of the molecule is CC(=O)N1CCN(C(=O)c2cc(-c3ccccc3)nn2-c2ccc(C)cc2)CC1. The number of rotatable bonds is 3. The van der Waals surface area contributed by atoms with Gasteiger partial charge in [-0.2, -0.15) is 5.10 Å². The molecule has 0 atom stereocenters. The molecule has 0 unspecified atom stereocenters. The minimum Gasteiger partial charge on any atom is -0.339 e. The van der Waals surface area contributed by atoms with Crippen LogP contribution in [-0.4, -0.2) is 57.6 Å². The first kappa shape index (κ1) is 18.9. The van der Waals surface area contributed by atoms with E-state index in [0.717, 1.165) is 22.5 Å². The first-order valence-corrected chi connectivity index (χ1v) is 9.80. The normalized spacial score (nSPS) is 14.1. The second-order valence-corrected chi connectivity index (χ2v) is 7.33. The summed E-state index contributed by atoms with van der Waals surface area (Å²) >= 11 is 0. The van der Waals surface area contributed by atoms with Crippen LogP contribution in [0.1, 0.15) is 23.0 Å². The molecule has 6 heteroatoms. The van der Waals surface area contributed by atoms with Crippen LogP contribution >= 0.6 is 0 Å². The molecule has 1 aromatic heterocycles. The van der Waals surface area contributed by atoms with Crippen molar-refractivity contribution in [3.63, 3.8) is 0 Å². The highest BCUT2D eigenvalue weighted by atomic mass is 16.2. The molecule has 0 aliphatic carbocycles. The quantitative estimate of drug-likeness (QED) is 0.693. The van der Waals surface area contributed by atoms with Crippen molar-refractivity contribution in [3.05, 3.63) is 71.9 Å². The Labute approximate surface area is 170 Å². The van der Waals surface area contributed by atoms with Crippen molar-refractivity contribution in [3.8, 4) is 16.9 Å². The molecule has 4 rings (SSSR count). The van der Waals surface area contributed by atoms with Crippen LogP contribution < -0.4 is 0 Å². The van der Waals surface area contributed by atoms with E-state index in [4.69, 9.17) is 5.10 Å². The Hall–Kier alpha value is -3.41. The molecule has 0 N–H and O–H groups in total. The molecule has 2 heterocycles. The molecule has 2 amide bonds. The Morgan fingerprint density at radius 1 is 0.862 bits per heavy atom. The van der Waals surface area contributed by atoms with Gasteiger partial charge in [0.15, 0.2) is 0 Å². The van der Waals surface area contributed by atoms with Gasteiger partial charge in [0.05, 0.1) is 11.4 Å². The second-order valence-electron chi connectivity index (χ2n) is 7.33. The number of nitrogens with zero attached hydrogens (tertiary/aromatic N) is 4. The third kappa shape index (κ3) is 3.92. The molecule has 29 heavy (non-hydrogen) atoms. The van der Waals surface area contributed by atoms with Gasteiger partial charge in [0, 0.05) is 38.7 Å². The van der Waals surface area contributed by atoms with Crippen molar-refractivity contribution >= 4 is 11.8 Å². The summed E-state index contributed by atoms with van der Waals surface area (Å²) in [6.07, 6.45) is 0. The average Bonchev–Trinajstić information content (AvgIpc) is 3.20. The van der Waals surface area contributed by atoms with Gasteiger partial charge in [-0.25, -0.2) is 4.68 Å². The summed E-state index contributed by atoms with van der Waals surface area (Å²) in [4.78, 5) is 28.5. The van der Waals surface area contributed by atoms with Gasteiger partial charge in [-0.15, -0.1) is 0 Å². The van der Waals surface area contributed by atoms with E-state index in [1.54, 1.807) is 21.4 Å². The topological polar surface area (TPSA) is 58.4 Å². The fourth-order valence-electron chi connectivity index (χ4n) is 3.55. The van der Waals surface area contributed by atoms with Crippen LogP contribution in [0.5, 0.6) is 0 Å². The summed E-state index contributed by atoms with van der Waals surface area (Å²) in [6.45, 7) is 5.77. The molecule has 0 bridgehead atoms. The highest BCUT2D eigenvalue weighted by Crippen LogP contribution is 2.23. The number of amides is 2. The van der Waals surface area contributed by atoms with Crippen LogP contribution in [0.4, 0.5) is 0 Å². The highest BCUT2D eigenvalue weighted by Gasteiger charge is 2.27. The van der Waals surface area contributed by atoms with Crippen LogP contribution in [0.2, 0.25) is 0 Å².